The zero-order valence-corrected chi connectivity index (χ0v) is 17.1. The van der Waals surface area contributed by atoms with Crippen LogP contribution in [0.15, 0.2) is 42.9 Å². The van der Waals surface area contributed by atoms with Crippen LogP contribution in [0.1, 0.15) is 12.6 Å². The number of carbonyl (C=O) groups is 3. The average Bonchev–Trinajstić information content (AvgIpc) is 3.37. The number of para-hydroxylation sites is 1. The molecule has 4 rings (SSSR count). The monoisotopic (exact) mass is 430 g/mol. The summed E-state index contributed by atoms with van der Waals surface area (Å²) in [7, 11) is 0. The van der Waals surface area contributed by atoms with Gasteiger partial charge in [0.15, 0.2) is 12.2 Å². The van der Waals surface area contributed by atoms with Gasteiger partial charge in [0, 0.05) is 23.5 Å². The van der Waals surface area contributed by atoms with Gasteiger partial charge >= 0.3 is 5.97 Å². The minimum absolute atomic E-state index is 0.117. The summed E-state index contributed by atoms with van der Waals surface area (Å²) in [5.74, 6) is -1.16. The second-order valence-corrected chi connectivity index (χ2v) is 8.30. The second kappa shape index (κ2) is 8.88. The highest BCUT2D eigenvalue weighted by molar-refractivity contribution is 8.02. The van der Waals surface area contributed by atoms with E-state index in [0.29, 0.717) is 6.42 Å². The third kappa shape index (κ3) is 4.49. The number of benzene rings is 1. The molecule has 5 atom stereocenters. The minimum Gasteiger partial charge on any atom is -0.464 e. The van der Waals surface area contributed by atoms with Gasteiger partial charge in [-0.25, -0.2) is 9.78 Å². The van der Waals surface area contributed by atoms with E-state index in [0.717, 1.165) is 11.4 Å². The lowest BCUT2D eigenvalue weighted by atomic mass is 9.96. The zero-order chi connectivity index (χ0) is 21.1. The number of epoxide rings is 1. The molecule has 0 spiro atoms. The molecule has 2 amide bonds. The van der Waals surface area contributed by atoms with Crippen molar-refractivity contribution < 1.29 is 23.9 Å². The summed E-state index contributed by atoms with van der Waals surface area (Å²) in [6.07, 6.45) is 2.15. The van der Waals surface area contributed by atoms with Crippen LogP contribution < -0.4 is 10.6 Å². The van der Waals surface area contributed by atoms with Crippen molar-refractivity contribution >= 4 is 35.2 Å². The van der Waals surface area contributed by atoms with Gasteiger partial charge in [0.2, 0.25) is 5.91 Å². The van der Waals surface area contributed by atoms with Gasteiger partial charge in [0.1, 0.15) is 0 Å². The van der Waals surface area contributed by atoms with Crippen LogP contribution in [0.4, 0.5) is 5.69 Å². The molecule has 1 aromatic heterocycles. The number of hydrogen-bond donors (Lipinski definition) is 3. The highest BCUT2D eigenvalue weighted by Crippen LogP contribution is 2.43. The average molecular weight is 430 g/mol. The van der Waals surface area contributed by atoms with Crippen molar-refractivity contribution in [3.05, 3.63) is 48.5 Å². The lowest BCUT2D eigenvalue weighted by Gasteiger charge is -2.43. The molecule has 158 valence electrons. The molecular weight excluding hydrogens is 408 g/mol. The Kier molecular flexibility index (Phi) is 6.05. The first-order valence-electron chi connectivity index (χ1n) is 9.68. The van der Waals surface area contributed by atoms with Gasteiger partial charge in [-0.3, -0.25) is 9.59 Å². The molecule has 2 saturated heterocycles. The molecule has 30 heavy (non-hydrogen) atoms. The fourth-order valence-electron chi connectivity index (χ4n) is 3.36. The number of imidazole rings is 1. The first-order valence-corrected chi connectivity index (χ1v) is 10.6. The summed E-state index contributed by atoms with van der Waals surface area (Å²) >= 11 is 1.37. The number of ether oxygens (including phenoxy) is 2. The number of thioether (sulfide) groups is 1. The molecule has 0 radical (unpaired) electrons. The maximum absolute atomic E-state index is 12.8. The van der Waals surface area contributed by atoms with E-state index in [4.69, 9.17) is 9.47 Å². The lowest BCUT2D eigenvalue weighted by Crippen LogP contribution is -2.56. The standard InChI is InChI=1S/C20H22N4O5S/c1-2-28-20(27)15-14(29-15)17(25)24-19-13(8-12-9-21-10-22-12)16(30-19)18(26)23-11-6-4-3-5-7-11/h3-7,9-10,13-16,19H,2,8H2,1H3,(H,21,22)(H,23,26)(H,24,25). The topological polar surface area (TPSA) is 126 Å². The quantitative estimate of drug-likeness (QED) is 0.423. The lowest BCUT2D eigenvalue weighted by molar-refractivity contribution is -0.144. The van der Waals surface area contributed by atoms with Crippen molar-refractivity contribution in [2.75, 3.05) is 11.9 Å². The molecule has 1 aromatic carbocycles. The molecule has 2 aliphatic rings. The molecule has 3 N–H and O–H groups in total. The Morgan fingerprint density at radius 2 is 2.00 bits per heavy atom. The predicted octanol–water partition coefficient (Wildman–Crippen LogP) is 1.10. The van der Waals surface area contributed by atoms with E-state index < -0.39 is 18.2 Å². The van der Waals surface area contributed by atoms with Crippen LogP contribution in [0.3, 0.4) is 0 Å². The molecule has 0 aliphatic carbocycles. The number of nitrogens with zero attached hydrogens (tertiary/aromatic N) is 1. The van der Waals surface area contributed by atoms with Crippen LogP contribution in [-0.2, 0) is 30.3 Å². The normalized spacial score (nSPS) is 26.9. The number of carbonyl (C=O) groups excluding carboxylic acids is 3. The van der Waals surface area contributed by atoms with Crippen molar-refractivity contribution in [2.45, 2.75) is 36.2 Å². The van der Waals surface area contributed by atoms with E-state index in [1.165, 1.54) is 11.8 Å². The molecule has 2 aliphatic heterocycles. The van der Waals surface area contributed by atoms with Gasteiger partial charge in [-0.1, -0.05) is 18.2 Å². The van der Waals surface area contributed by atoms with Crippen molar-refractivity contribution in [3.8, 4) is 0 Å². The maximum atomic E-state index is 12.8. The van der Waals surface area contributed by atoms with E-state index in [1.807, 2.05) is 30.3 Å². The first-order chi connectivity index (χ1) is 14.6. The van der Waals surface area contributed by atoms with Gasteiger partial charge in [-0.2, -0.15) is 0 Å². The number of H-pyrrole nitrogens is 1. The van der Waals surface area contributed by atoms with E-state index in [2.05, 4.69) is 20.6 Å². The Hall–Kier alpha value is -2.85. The predicted molar refractivity (Wildman–Crippen MR) is 109 cm³/mol. The minimum atomic E-state index is -0.849. The third-order valence-electron chi connectivity index (χ3n) is 4.93. The number of nitrogens with one attached hydrogen (secondary N) is 3. The summed E-state index contributed by atoms with van der Waals surface area (Å²) in [6, 6.07) is 9.23. The Labute approximate surface area is 177 Å². The molecule has 0 bridgehead atoms. The summed E-state index contributed by atoms with van der Waals surface area (Å²) in [5, 5.41) is 5.20. The number of rotatable bonds is 8. The van der Waals surface area contributed by atoms with E-state index in [9.17, 15) is 14.4 Å². The van der Waals surface area contributed by atoms with Crippen LogP contribution in [-0.4, -0.2) is 57.2 Å². The van der Waals surface area contributed by atoms with Gasteiger partial charge in [-0.05, 0) is 25.5 Å². The molecule has 2 fully saturated rings. The number of amides is 2. The van der Waals surface area contributed by atoms with Crippen LogP contribution >= 0.6 is 11.8 Å². The summed E-state index contributed by atoms with van der Waals surface area (Å²) in [5.41, 5.74) is 1.60. The van der Waals surface area contributed by atoms with E-state index in [1.54, 1.807) is 19.4 Å². The molecule has 10 heteroatoms. The van der Waals surface area contributed by atoms with E-state index in [-0.39, 0.29) is 35.0 Å². The third-order valence-corrected chi connectivity index (χ3v) is 6.55. The molecule has 2 aromatic rings. The van der Waals surface area contributed by atoms with Gasteiger partial charge in [0.25, 0.3) is 5.91 Å². The molecule has 3 heterocycles. The van der Waals surface area contributed by atoms with Crippen molar-refractivity contribution in [1.82, 2.24) is 15.3 Å². The molecule has 9 nitrogen and oxygen atoms in total. The van der Waals surface area contributed by atoms with Gasteiger partial charge < -0.3 is 25.1 Å². The Morgan fingerprint density at radius 3 is 2.70 bits per heavy atom. The van der Waals surface area contributed by atoms with Gasteiger partial charge in [-0.15, -0.1) is 11.8 Å². The molecule has 0 saturated carbocycles. The number of esters is 1. The number of aromatic nitrogens is 2. The maximum Gasteiger partial charge on any atom is 0.338 e. The highest BCUT2D eigenvalue weighted by atomic mass is 32.2. The first kappa shape index (κ1) is 20.4. The Bertz CT molecular complexity index is 907. The number of anilines is 1. The second-order valence-electron chi connectivity index (χ2n) is 7.02. The Balaban J connectivity index is 1.37. The van der Waals surface area contributed by atoms with Crippen molar-refractivity contribution in [1.29, 1.82) is 0 Å². The Morgan fingerprint density at radius 1 is 1.20 bits per heavy atom. The van der Waals surface area contributed by atoms with Crippen molar-refractivity contribution in [2.24, 2.45) is 5.92 Å². The SMILES string of the molecule is CCOC(=O)C1OC1C(=O)NC1SC(C(=O)Nc2ccccc2)C1Cc1cnc[nH]1. The highest BCUT2D eigenvalue weighted by Gasteiger charge is 2.54. The summed E-state index contributed by atoms with van der Waals surface area (Å²) < 4.78 is 10.0. The smallest absolute Gasteiger partial charge is 0.338 e. The van der Waals surface area contributed by atoms with Crippen LogP contribution in [0.25, 0.3) is 0 Å². The number of aromatic amines is 1. The van der Waals surface area contributed by atoms with Crippen LogP contribution in [0.2, 0.25) is 0 Å². The van der Waals surface area contributed by atoms with Crippen molar-refractivity contribution in [3.63, 3.8) is 0 Å². The van der Waals surface area contributed by atoms with E-state index >= 15 is 0 Å². The zero-order valence-electron chi connectivity index (χ0n) is 16.2. The fraction of sp³-hybridized carbons (Fsp3) is 0.400. The summed E-state index contributed by atoms with van der Waals surface area (Å²) in [4.78, 5) is 44.0. The van der Waals surface area contributed by atoms with Crippen LogP contribution in [0, 0.1) is 5.92 Å². The number of hydrogen-bond acceptors (Lipinski definition) is 7. The molecular formula is C20H22N4O5S. The van der Waals surface area contributed by atoms with Crippen LogP contribution in [0.5, 0.6) is 0 Å². The summed E-state index contributed by atoms with van der Waals surface area (Å²) in [6.45, 7) is 1.93. The van der Waals surface area contributed by atoms with Gasteiger partial charge in [0.05, 0.1) is 23.6 Å². The fourth-order valence-corrected chi connectivity index (χ4v) is 4.68. The molecule has 5 unspecified atom stereocenters. The largest absolute Gasteiger partial charge is 0.464 e.